The van der Waals surface area contributed by atoms with Gasteiger partial charge in [-0.25, -0.2) is 0 Å². The lowest BCUT2D eigenvalue weighted by Gasteiger charge is -2.35. The molecule has 0 aliphatic heterocycles. The molecule has 0 bridgehead atoms. The second-order valence-electron chi connectivity index (χ2n) is 7.56. The van der Waals surface area contributed by atoms with Crippen LogP contribution in [0.15, 0.2) is 47.8 Å². The number of alkyl halides is 6. The van der Waals surface area contributed by atoms with Gasteiger partial charge in [-0.05, 0) is 52.8 Å². The number of hydrogen-bond acceptors (Lipinski definition) is 5. The van der Waals surface area contributed by atoms with Crippen LogP contribution < -0.4 is 4.74 Å². The summed E-state index contributed by atoms with van der Waals surface area (Å²) in [7, 11) is 0. The SMILES string of the molecule is Cc1cccc(-c2cc(COc3ccc(CO)c(CO)c3)cs2)c1C(O)(C(F)(F)F)C(F)(F)F. The van der Waals surface area contributed by atoms with Gasteiger partial charge in [0.15, 0.2) is 0 Å². The highest BCUT2D eigenvalue weighted by Crippen LogP contribution is 2.53. The maximum Gasteiger partial charge on any atom is 0.430 e. The fourth-order valence-electron chi connectivity index (χ4n) is 3.55. The maximum absolute atomic E-state index is 13.6. The molecule has 3 rings (SSSR count). The first-order valence-corrected chi connectivity index (χ1v) is 10.7. The van der Waals surface area contributed by atoms with Crippen LogP contribution in [0.25, 0.3) is 10.4 Å². The lowest BCUT2D eigenvalue weighted by Crippen LogP contribution is -2.54. The molecule has 0 aliphatic carbocycles. The first-order valence-electron chi connectivity index (χ1n) is 9.83. The molecule has 1 aromatic heterocycles. The third-order valence-corrected chi connectivity index (χ3v) is 6.31. The van der Waals surface area contributed by atoms with Gasteiger partial charge in [0, 0.05) is 16.0 Å². The van der Waals surface area contributed by atoms with E-state index in [0.29, 0.717) is 22.4 Å². The molecule has 0 atom stereocenters. The van der Waals surface area contributed by atoms with Crippen LogP contribution >= 0.6 is 11.3 Å². The van der Waals surface area contributed by atoms with Crippen molar-refractivity contribution in [2.24, 2.45) is 0 Å². The summed E-state index contributed by atoms with van der Waals surface area (Å²) in [6, 6.07) is 9.53. The number of aliphatic hydroxyl groups is 3. The molecule has 0 fully saturated rings. The van der Waals surface area contributed by atoms with E-state index >= 15 is 0 Å². The zero-order chi connectivity index (χ0) is 25.3. The summed E-state index contributed by atoms with van der Waals surface area (Å²) in [5.41, 5.74) is -5.61. The summed E-state index contributed by atoms with van der Waals surface area (Å²) in [6.07, 6.45) is -12.0. The summed E-state index contributed by atoms with van der Waals surface area (Å²) >= 11 is 0.913. The Bertz CT molecular complexity index is 1140. The van der Waals surface area contributed by atoms with Crippen LogP contribution in [0.5, 0.6) is 5.75 Å². The number of rotatable bonds is 7. The molecule has 0 spiro atoms. The van der Waals surface area contributed by atoms with Crippen LogP contribution in [-0.2, 0) is 25.4 Å². The Morgan fingerprint density at radius 3 is 2.12 bits per heavy atom. The van der Waals surface area contributed by atoms with E-state index < -0.39 is 23.5 Å². The van der Waals surface area contributed by atoms with E-state index in [1.165, 1.54) is 23.6 Å². The summed E-state index contributed by atoms with van der Waals surface area (Å²) < 4.78 is 87.0. The van der Waals surface area contributed by atoms with Crippen molar-refractivity contribution in [1.29, 1.82) is 0 Å². The monoisotopic (exact) mass is 506 g/mol. The minimum Gasteiger partial charge on any atom is -0.489 e. The Morgan fingerprint density at radius 2 is 1.53 bits per heavy atom. The van der Waals surface area contributed by atoms with Gasteiger partial charge in [-0.1, -0.05) is 24.3 Å². The Kier molecular flexibility index (Phi) is 7.32. The standard InChI is InChI=1S/C23H20F6O4S/c1-13-3-2-4-18(20(13)21(32,22(24,25)26)23(27,28)29)19-7-14(12-34-19)11-33-17-6-5-15(9-30)16(8-17)10-31/h2-8,12,30-32H,9-11H2,1H3. The number of benzene rings is 2. The average Bonchev–Trinajstić information content (AvgIpc) is 3.24. The zero-order valence-electron chi connectivity index (χ0n) is 17.7. The predicted molar refractivity (Wildman–Crippen MR) is 113 cm³/mol. The number of hydrogen-bond donors (Lipinski definition) is 3. The molecule has 3 aromatic rings. The molecule has 184 valence electrons. The number of ether oxygens (including phenoxy) is 1. The van der Waals surface area contributed by atoms with Gasteiger partial charge in [0.05, 0.1) is 13.2 Å². The van der Waals surface area contributed by atoms with Crippen molar-refractivity contribution in [3.05, 3.63) is 75.7 Å². The van der Waals surface area contributed by atoms with E-state index in [1.54, 1.807) is 12.1 Å². The molecule has 34 heavy (non-hydrogen) atoms. The van der Waals surface area contributed by atoms with E-state index in [1.807, 2.05) is 0 Å². The van der Waals surface area contributed by atoms with Gasteiger partial charge in [0.1, 0.15) is 12.4 Å². The van der Waals surface area contributed by atoms with Crippen LogP contribution in [0.4, 0.5) is 26.3 Å². The van der Waals surface area contributed by atoms with Crippen LogP contribution in [0.3, 0.4) is 0 Å². The summed E-state index contributed by atoms with van der Waals surface area (Å²) in [5, 5.41) is 30.2. The average molecular weight is 506 g/mol. The molecular formula is C23H20F6O4S. The highest BCUT2D eigenvalue weighted by Gasteiger charge is 2.72. The predicted octanol–water partition coefficient (Wildman–Crippen LogP) is 5.60. The summed E-state index contributed by atoms with van der Waals surface area (Å²) in [5.74, 6) is 0.355. The van der Waals surface area contributed by atoms with Crippen molar-refractivity contribution < 1.29 is 46.4 Å². The number of thiophene rings is 1. The normalized spacial score (nSPS) is 12.8. The van der Waals surface area contributed by atoms with Gasteiger partial charge in [0.25, 0.3) is 5.60 Å². The van der Waals surface area contributed by atoms with E-state index in [0.717, 1.165) is 30.4 Å². The van der Waals surface area contributed by atoms with E-state index in [-0.39, 0.29) is 35.8 Å². The summed E-state index contributed by atoms with van der Waals surface area (Å²) in [6.45, 7) is 0.426. The molecule has 0 amide bonds. The number of aliphatic hydroxyl groups excluding tert-OH is 2. The summed E-state index contributed by atoms with van der Waals surface area (Å²) in [4.78, 5) is 0.0934. The van der Waals surface area contributed by atoms with Gasteiger partial charge in [-0.15, -0.1) is 11.3 Å². The Labute approximate surface area is 194 Å². The highest BCUT2D eigenvalue weighted by molar-refractivity contribution is 7.13. The molecule has 0 aliphatic rings. The molecule has 3 N–H and O–H groups in total. The van der Waals surface area contributed by atoms with Crippen LogP contribution in [0.1, 0.15) is 27.8 Å². The lowest BCUT2D eigenvalue weighted by molar-refractivity contribution is -0.376. The minimum absolute atomic E-state index is 0.0518. The molecule has 0 unspecified atom stereocenters. The van der Waals surface area contributed by atoms with Gasteiger partial charge < -0.3 is 20.1 Å². The van der Waals surface area contributed by atoms with Crippen molar-refractivity contribution in [3.8, 4) is 16.2 Å². The lowest BCUT2D eigenvalue weighted by atomic mass is 9.84. The second-order valence-corrected chi connectivity index (χ2v) is 8.47. The molecule has 0 saturated heterocycles. The maximum atomic E-state index is 13.6. The smallest absolute Gasteiger partial charge is 0.430 e. The second kappa shape index (κ2) is 9.57. The molecule has 1 heterocycles. The van der Waals surface area contributed by atoms with Gasteiger partial charge in [-0.2, -0.15) is 26.3 Å². The van der Waals surface area contributed by atoms with Crippen LogP contribution in [0, 0.1) is 6.92 Å². The molecule has 0 radical (unpaired) electrons. The molecule has 4 nitrogen and oxygen atoms in total. The van der Waals surface area contributed by atoms with Crippen LogP contribution in [-0.4, -0.2) is 27.7 Å². The number of aryl methyl sites for hydroxylation is 1. The van der Waals surface area contributed by atoms with E-state index in [9.17, 15) is 41.7 Å². The Balaban J connectivity index is 1.96. The topological polar surface area (TPSA) is 69.9 Å². The van der Waals surface area contributed by atoms with Crippen molar-refractivity contribution in [3.63, 3.8) is 0 Å². The Morgan fingerprint density at radius 1 is 0.882 bits per heavy atom. The minimum atomic E-state index is -6.00. The molecular weight excluding hydrogens is 486 g/mol. The first-order chi connectivity index (χ1) is 15.8. The quantitative estimate of drug-likeness (QED) is 0.365. The van der Waals surface area contributed by atoms with Crippen molar-refractivity contribution >= 4 is 11.3 Å². The zero-order valence-corrected chi connectivity index (χ0v) is 18.5. The van der Waals surface area contributed by atoms with Crippen molar-refractivity contribution in [2.45, 2.75) is 44.7 Å². The fourth-order valence-corrected chi connectivity index (χ4v) is 4.48. The van der Waals surface area contributed by atoms with Crippen LogP contribution in [0.2, 0.25) is 0 Å². The van der Waals surface area contributed by atoms with E-state index in [4.69, 9.17) is 4.74 Å². The highest BCUT2D eigenvalue weighted by atomic mass is 32.1. The van der Waals surface area contributed by atoms with Crippen molar-refractivity contribution in [1.82, 2.24) is 0 Å². The molecule has 0 saturated carbocycles. The number of halogens is 6. The largest absolute Gasteiger partial charge is 0.489 e. The van der Waals surface area contributed by atoms with Gasteiger partial charge >= 0.3 is 12.4 Å². The van der Waals surface area contributed by atoms with Gasteiger partial charge in [-0.3, -0.25) is 0 Å². The first kappa shape index (κ1) is 26.0. The van der Waals surface area contributed by atoms with Crippen molar-refractivity contribution in [2.75, 3.05) is 0 Å². The molecule has 11 heteroatoms. The Hall–Kier alpha value is -2.60. The third-order valence-electron chi connectivity index (χ3n) is 5.30. The third kappa shape index (κ3) is 4.78. The van der Waals surface area contributed by atoms with Gasteiger partial charge in [0.2, 0.25) is 0 Å². The fraction of sp³-hybridized carbons (Fsp3) is 0.304. The van der Waals surface area contributed by atoms with E-state index in [2.05, 4.69) is 0 Å². The molecule has 2 aromatic carbocycles.